The van der Waals surface area contributed by atoms with Crippen LogP contribution in [0.3, 0.4) is 0 Å². The predicted octanol–water partition coefficient (Wildman–Crippen LogP) is 5.11. The minimum atomic E-state index is -0.833. The van der Waals surface area contributed by atoms with E-state index in [1.165, 1.54) is 5.56 Å². The highest BCUT2D eigenvalue weighted by molar-refractivity contribution is 7.80. The van der Waals surface area contributed by atoms with Crippen LogP contribution in [0.5, 0.6) is 5.75 Å². The number of rotatable bonds is 2. The number of hydrogen-bond acceptors (Lipinski definition) is 3. The summed E-state index contributed by atoms with van der Waals surface area (Å²) in [6.07, 6.45) is 0. The molecule has 0 aromatic heterocycles. The lowest BCUT2D eigenvalue weighted by molar-refractivity contribution is -0.134. The van der Waals surface area contributed by atoms with Gasteiger partial charge in [-0.05, 0) is 22.8 Å². The molecule has 0 aliphatic heterocycles. The van der Waals surface area contributed by atoms with Crippen LogP contribution >= 0.6 is 12.6 Å². The van der Waals surface area contributed by atoms with E-state index in [4.69, 9.17) is 9.90 Å². The largest absolute Gasteiger partial charge is 0.506 e. The highest BCUT2D eigenvalue weighted by Gasteiger charge is 2.06. The number of hydrogen-bond donors (Lipinski definition) is 3. The number of benzene rings is 3. The number of carboxylic acid groups (broad SMARTS) is 1. The third kappa shape index (κ3) is 4.64. The average Bonchev–Trinajstić information content (AvgIpc) is 2.58. The fourth-order valence-electron chi connectivity index (χ4n) is 2.24. The zero-order chi connectivity index (χ0) is 17.5. The molecule has 0 fully saturated rings. The number of para-hydroxylation sites is 1. The summed E-state index contributed by atoms with van der Waals surface area (Å²) in [6, 6.07) is 24.0. The Kier molecular flexibility index (Phi) is 6.04. The van der Waals surface area contributed by atoms with Gasteiger partial charge >= 0.3 is 0 Å². The molecule has 0 amide bonds. The Hall–Kier alpha value is -2.72. The SMILES string of the molecule is CC(=O)O.Oc1c(S)cccc1-c1ccc(-c2ccccc2)cc1. The molecule has 0 aliphatic rings. The third-order valence-electron chi connectivity index (χ3n) is 3.32. The number of phenolic OH excluding ortho intramolecular Hbond substituents is 1. The van der Waals surface area contributed by atoms with Crippen molar-refractivity contribution in [2.75, 3.05) is 0 Å². The molecule has 122 valence electrons. The summed E-state index contributed by atoms with van der Waals surface area (Å²) < 4.78 is 0. The summed E-state index contributed by atoms with van der Waals surface area (Å²) in [5.74, 6) is -0.608. The van der Waals surface area contributed by atoms with Crippen LogP contribution < -0.4 is 0 Å². The monoisotopic (exact) mass is 338 g/mol. The fraction of sp³-hybridized carbons (Fsp3) is 0.0500. The van der Waals surface area contributed by atoms with Crippen LogP contribution in [-0.4, -0.2) is 16.2 Å². The average molecular weight is 338 g/mol. The van der Waals surface area contributed by atoms with Crippen molar-refractivity contribution in [2.45, 2.75) is 11.8 Å². The zero-order valence-corrected chi connectivity index (χ0v) is 14.1. The zero-order valence-electron chi connectivity index (χ0n) is 13.2. The summed E-state index contributed by atoms with van der Waals surface area (Å²) in [7, 11) is 0. The number of thiol groups is 1. The molecule has 0 radical (unpaired) electrons. The van der Waals surface area contributed by atoms with Gasteiger partial charge in [-0.1, -0.05) is 66.7 Å². The van der Waals surface area contributed by atoms with Gasteiger partial charge in [-0.3, -0.25) is 4.79 Å². The summed E-state index contributed by atoms with van der Waals surface area (Å²) in [4.78, 5) is 9.59. The third-order valence-corrected chi connectivity index (χ3v) is 3.68. The van der Waals surface area contributed by atoms with E-state index in [0.717, 1.165) is 23.6 Å². The van der Waals surface area contributed by atoms with E-state index in [9.17, 15) is 5.11 Å². The van der Waals surface area contributed by atoms with Crippen molar-refractivity contribution in [1.29, 1.82) is 0 Å². The van der Waals surface area contributed by atoms with Gasteiger partial charge in [0.05, 0.1) is 0 Å². The molecule has 24 heavy (non-hydrogen) atoms. The van der Waals surface area contributed by atoms with Crippen molar-refractivity contribution in [3.05, 3.63) is 72.8 Å². The van der Waals surface area contributed by atoms with Crippen LogP contribution in [0.15, 0.2) is 77.7 Å². The van der Waals surface area contributed by atoms with Gasteiger partial charge in [0.25, 0.3) is 5.97 Å². The molecule has 0 heterocycles. The molecule has 3 aromatic rings. The summed E-state index contributed by atoms with van der Waals surface area (Å²) >= 11 is 4.25. The molecule has 4 heteroatoms. The van der Waals surface area contributed by atoms with E-state index >= 15 is 0 Å². The number of aliphatic carboxylic acids is 1. The number of phenols is 1. The quantitative estimate of drug-likeness (QED) is 0.569. The van der Waals surface area contributed by atoms with Gasteiger partial charge < -0.3 is 10.2 Å². The van der Waals surface area contributed by atoms with Gasteiger partial charge in [0.15, 0.2) is 0 Å². The molecule has 2 N–H and O–H groups in total. The van der Waals surface area contributed by atoms with E-state index in [1.807, 2.05) is 42.5 Å². The Balaban J connectivity index is 0.000000471. The van der Waals surface area contributed by atoms with Gasteiger partial charge in [-0.25, -0.2) is 0 Å². The first-order valence-electron chi connectivity index (χ1n) is 7.35. The normalized spacial score (nSPS) is 9.75. The van der Waals surface area contributed by atoms with Gasteiger partial charge in [0.1, 0.15) is 5.75 Å². The van der Waals surface area contributed by atoms with Crippen molar-refractivity contribution in [3.8, 4) is 28.0 Å². The molecule has 3 nitrogen and oxygen atoms in total. The van der Waals surface area contributed by atoms with E-state index in [0.29, 0.717) is 4.90 Å². The highest BCUT2D eigenvalue weighted by atomic mass is 32.1. The van der Waals surface area contributed by atoms with Gasteiger partial charge in [0.2, 0.25) is 0 Å². The van der Waals surface area contributed by atoms with Crippen molar-refractivity contribution < 1.29 is 15.0 Å². The van der Waals surface area contributed by atoms with Crippen LogP contribution in [0.25, 0.3) is 22.3 Å². The Bertz CT molecular complexity index is 808. The minimum absolute atomic E-state index is 0.225. The van der Waals surface area contributed by atoms with E-state index in [-0.39, 0.29) is 5.75 Å². The van der Waals surface area contributed by atoms with Crippen molar-refractivity contribution in [3.63, 3.8) is 0 Å². The molecule has 0 saturated carbocycles. The summed E-state index contributed by atoms with van der Waals surface area (Å²) in [6.45, 7) is 1.08. The topological polar surface area (TPSA) is 57.5 Å². The standard InChI is InChI=1S/C18H14OS.C2H4O2/c19-18-16(7-4-8-17(18)20)15-11-9-14(10-12-15)13-5-2-1-3-6-13;1-2(3)4/h1-12,19-20H;1H3,(H,3,4). The van der Waals surface area contributed by atoms with Gasteiger partial charge in [-0.2, -0.15) is 0 Å². The molecule has 0 spiro atoms. The maximum atomic E-state index is 10.1. The van der Waals surface area contributed by atoms with Crippen LogP contribution in [0.2, 0.25) is 0 Å². The molecule has 0 aliphatic carbocycles. The Morgan fingerprint density at radius 3 is 1.88 bits per heavy atom. The molecule has 0 bridgehead atoms. The van der Waals surface area contributed by atoms with Crippen LogP contribution in [0.4, 0.5) is 0 Å². The van der Waals surface area contributed by atoms with Crippen LogP contribution in [0.1, 0.15) is 6.92 Å². The summed E-state index contributed by atoms with van der Waals surface area (Å²) in [5, 5.41) is 17.5. The number of aromatic hydroxyl groups is 1. The highest BCUT2D eigenvalue weighted by Crippen LogP contribution is 2.34. The fourth-order valence-corrected chi connectivity index (χ4v) is 2.44. The lowest BCUT2D eigenvalue weighted by Crippen LogP contribution is -1.82. The first-order chi connectivity index (χ1) is 11.5. The van der Waals surface area contributed by atoms with Crippen molar-refractivity contribution >= 4 is 18.6 Å². The second-order valence-electron chi connectivity index (χ2n) is 5.14. The van der Waals surface area contributed by atoms with E-state index in [1.54, 1.807) is 6.07 Å². The molecule has 0 saturated heterocycles. The van der Waals surface area contributed by atoms with E-state index < -0.39 is 5.97 Å². The van der Waals surface area contributed by atoms with Crippen LogP contribution in [-0.2, 0) is 4.79 Å². The Morgan fingerprint density at radius 2 is 1.29 bits per heavy atom. The van der Waals surface area contributed by atoms with Gasteiger partial charge in [-0.15, -0.1) is 12.6 Å². The predicted molar refractivity (Wildman–Crippen MR) is 99.5 cm³/mol. The maximum absolute atomic E-state index is 10.1. The molecular weight excluding hydrogens is 320 g/mol. The molecular formula is C20H18O3S. The second-order valence-corrected chi connectivity index (χ2v) is 5.62. The van der Waals surface area contributed by atoms with Crippen molar-refractivity contribution in [1.82, 2.24) is 0 Å². The number of carboxylic acids is 1. The molecule has 0 atom stereocenters. The summed E-state index contributed by atoms with van der Waals surface area (Å²) in [5.41, 5.74) is 4.14. The molecule has 3 aromatic carbocycles. The first-order valence-corrected chi connectivity index (χ1v) is 7.80. The van der Waals surface area contributed by atoms with Crippen LogP contribution in [0, 0.1) is 0 Å². The lowest BCUT2D eigenvalue weighted by Gasteiger charge is -2.08. The maximum Gasteiger partial charge on any atom is 0.300 e. The first kappa shape index (κ1) is 17.6. The Morgan fingerprint density at radius 1 is 0.792 bits per heavy atom. The number of carbonyl (C=O) groups is 1. The minimum Gasteiger partial charge on any atom is -0.506 e. The smallest absolute Gasteiger partial charge is 0.300 e. The molecule has 3 rings (SSSR count). The second kappa shape index (κ2) is 8.22. The lowest BCUT2D eigenvalue weighted by atomic mass is 10.00. The van der Waals surface area contributed by atoms with Gasteiger partial charge in [0, 0.05) is 17.4 Å². The van der Waals surface area contributed by atoms with Crippen molar-refractivity contribution in [2.24, 2.45) is 0 Å². The molecule has 0 unspecified atom stereocenters. The van der Waals surface area contributed by atoms with E-state index in [2.05, 4.69) is 36.9 Å². The Labute approximate surface area is 146 Å².